The summed E-state index contributed by atoms with van der Waals surface area (Å²) in [5.41, 5.74) is 1.35. The molecule has 7 heteroatoms. The predicted octanol–water partition coefficient (Wildman–Crippen LogP) is 2.80. The first-order valence-electron chi connectivity index (χ1n) is 7.90. The van der Waals surface area contributed by atoms with E-state index in [1.54, 1.807) is 44.7 Å². The van der Waals surface area contributed by atoms with Crippen LogP contribution in [-0.2, 0) is 4.74 Å². The van der Waals surface area contributed by atoms with E-state index in [4.69, 9.17) is 14.2 Å². The highest BCUT2D eigenvalue weighted by molar-refractivity contribution is 6.04. The lowest BCUT2D eigenvalue weighted by Crippen LogP contribution is -2.13. The fourth-order valence-corrected chi connectivity index (χ4v) is 2.19. The second kappa shape index (κ2) is 9.48. The number of nitrogens with one attached hydrogen (secondary N) is 2. The van der Waals surface area contributed by atoms with Crippen molar-refractivity contribution in [3.05, 3.63) is 42.1 Å². The van der Waals surface area contributed by atoms with Crippen LogP contribution in [0.3, 0.4) is 0 Å². The van der Waals surface area contributed by atoms with Crippen LogP contribution in [0.4, 0.5) is 11.5 Å². The van der Waals surface area contributed by atoms with Crippen LogP contribution in [-0.4, -0.2) is 45.4 Å². The molecule has 0 spiro atoms. The summed E-state index contributed by atoms with van der Waals surface area (Å²) in [4.78, 5) is 16.6. The number of amides is 1. The molecule has 0 saturated carbocycles. The molecule has 1 aromatic heterocycles. The Morgan fingerprint density at radius 2 is 1.88 bits per heavy atom. The monoisotopic (exact) mass is 345 g/mol. The fraction of sp³-hybridized carbons (Fsp3) is 0.333. The van der Waals surface area contributed by atoms with E-state index in [0.29, 0.717) is 29.5 Å². The first-order chi connectivity index (χ1) is 12.2. The minimum atomic E-state index is -0.269. The van der Waals surface area contributed by atoms with Crippen molar-refractivity contribution in [1.82, 2.24) is 4.98 Å². The fourth-order valence-electron chi connectivity index (χ4n) is 2.19. The Morgan fingerprint density at radius 3 is 2.52 bits per heavy atom. The maximum absolute atomic E-state index is 12.3. The summed E-state index contributed by atoms with van der Waals surface area (Å²) in [6.45, 7) is 1.51. The maximum atomic E-state index is 12.3. The van der Waals surface area contributed by atoms with E-state index < -0.39 is 0 Å². The number of ether oxygens (including phenoxy) is 3. The number of pyridine rings is 1. The van der Waals surface area contributed by atoms with Crippen molar-refractivity contribution in [2.45, 2.75) is 6.42 Å². The van der Waals surface area contributed by atoms with Gasteiger partial charge in [0.05, 0.1) is 26.1 Å². The topological polar surface area (TPSA) is 81.7 Å². The molecule has 0 aliphatic heterocycles. The molecule has 2 N–H and O–H groups in total. The molecule has 0 bridgehead atoms. The zero-order valence-corrected chi connectivity index (χ0v) is 14.7. The Hall–Kier alpha value is -2.80. The average molecular weight is 345 g/mol. The van der Waals surface area contributed by atoms with Crippen molar-refractivity contribution in [3.8, 4) is 11.5 Å². The molecule has 0 atom stereocenters. The van der Waals surface area contributed by atoms with Gasteiger partial charge in [-0.15, -0.1) is 0 Å². The van der Waals surface area contributed by atoms with Crippen LogP contribution in [0.25, 0.3) is 0 Å². The van der Waals surface area contributed by atoms with Crippen LogP contribution in [0.2, 0.25) is 0 Å². The summed E-state index contributed by atoms with van der Waals surface area (Å²) in [6.07, 6.45) is 2.59. The van der Waals surface area contributed by atoms with Crippen LogP contribution >= 0.6 is 0 Å². The van der Waals surface area contributed by atoms with E-state index in [9.17, 15) is 4.79 Å². The highest BCUT2D eigenvalue weighted by Crippen LogP contribution is 2.27. The van der Waals surface area contributed by atoms with Crippen molar-refractivity contribution in [3.63, 3.8) is 0 Å². The number of benzene rings is 1. The quantitative estimate of drug-likeness (QED) is 0.680. The summed E-state index contributed by atoms with van der Waals surface area (Å²) < 4.78 is 15.4. The van der Waals surface area contributed by atoms with Gasteiger partial charge in [0.15, 0.2) is 11.5 Å². The highest BCUT2D eigenvalue weighted by atomic mass is 16.5. The summed E-state index contributed by atoms with van der Waals surface area (Å²) >= 11 is 0. The number of nitrogens with zero attached hydrogens (tertiary/aromatic N) is 1. The van der Waals surface area contributed by atoms with E-state index in [-0.39, 0.29) is 5.91 Å². The molecule has 7 nitrogen and oxygen atoms in total. The summed E-state index contributed by atoms with van der Waals surface area (Å²) in [6, 6.07) is 8.60. The Morgan fingerprint density at radius 1 is 1.08 bits per heavy atom. The van der Waals surface area contributed by atoms with Crippen molar-refractivity contribution < 1.29 is 19.0 Å². The Kier molecular flexibility index (Phi) is 7.03. The number of aromatic nitrogens is 1. The predicted molar refractivity (Wildman–Crippen MR) is 96.7 cm³/mol. The molecule has 1 heterocycles. The number of hydrogen-bond donors (Lipinski definition) is 2. The molecule has 1 aromatic carbocycles. The zero-order valence-electron chi connectivity index (χ0n) is 14.7. The van der Waals surface area contributed by atoms with Gasteiger partial charge in [0.25, 0.3) is 5.91 Å². The van der Waals surface area contributed by atoms with Gasteiger partial charge in [0, 0.05) is 25.8 Å². The second-order valence-electron chi connectivity index (χ2n) is 5.23. The van der Waals surface area contributed by atoms with Gasteiger partial charge >= 0.3 is 0 Å². The van der Waals surface area contributed by atoms with Gasteiger partial charge < -0.3 is 24.8 Å². The summed E-state index contributed by atoms with van der Waals surface area (Å²) in [5.74, 6) is 1.27. The molecule has 1 amide bonds. The normalized spacial score (nSPS) is 10.2. The van der Waals surface area contributed by atoms with Gasteiger partial charge in [-0.2, -0.15) is 0 Å². The van der Waals surface area contributed by atoms with Gasteiger partial charge in [0.2, 0.25) is 0 Å². The lowest BCUT2D eigenvalue weighted by Gasteiger charge is -2.10. The van der Waals surface area contributed by atoms with E-state index in [0.717, 1.165) is 18.7 Å². The maximum Gasteiger partial charge on any atom is 0.256 e. The standard InChI is InChI=1S/C18H23N3O4/c1-23-10-4-9-19-14-6-8-17(20-12-14)21-18(22)13-5-7-15(24-2)16(11-13)25-3/h5-8,11-12,19H,4,9-10H2,1-3H3,(H,20,21,22). The molecule has 2 rings (SSSR count). The zero-order chi connectivity index (χ0) is 18.1. The van der Waals surface area contributed by atoms with Crippen LogP contribution < -0.4 is 20.1 Å². The molecule has 2 aromatic rings. The molecule has 0 aliphatic carbocycles. The third-order valence-corrected chi connectivity index (χ3v) is 3.51. The first-order valence-corrected chi connectivity index (χ1v) is 7.90. The van der Waals surface area contributed by atoms with Crippen LogP contribution in [0.5, 0.6) is 11.5 Å². The molecule has 0 unspecified atom stereocenters. The smallest absolute Gasteiger partial charge is 0.256 e. The third-order valence-electron chi connectivity index (χ3n) is 3.51. The number of rotatable bonds is 9. The SMILES string of the molecule is COCCCNc1ccc(NC(=O)c2ccc(OC)c(OC)c2)nc1. The van der Waals surface area contributed by atoms with Gasteiger partial charge in [-0.05, 0) is 36.8 Å². The van der Waals surface area contributed by atoms with Crippen LogP contribution in [0.1, 0.15) is 16.8 Å². The number of hydrogen-bond acceptors (Lipinski definition) is 6. The molecule has 0 aliphatic rings. The number of methoxy groups -OCH3 is 3. The number of carbonyl (C=O) groups excluding carboxylic acids is 1. The minimum Gasteiger partial charge on any atom is -0.493 e. The molecule has 134 valence electrons. The minimum absolute atomic E-state index is 0.269. The molecular weight excluding hydrogens is 322 g/mol. The number of anilines is 2. The molecule has 0 radical (unpaired) electrons. The van der Waals surface area contributed by atoms with E-state index >= 15 is 0 Å². The number of carbonyl (C=O) groups is 1. The third kappa shape index (κ3) is 5.36. The largest absolute Gasteiger partial charge is 0.493 e. The Labute approximate surface area is 147 Å². The molecule has 0 saturated heterocycles. The van der Waals surface area contributed by atoms with Gasteiger partial charge in [-0.1, -0.05) is 0 Å². The van der Waals surface area contributed by atoms with Crippen LogP contribution in [0, 0.1) is 0 Å². The summed E-state index contributed by atoms with van der Waals surface area (Å²) in [5, 5.41) is 5.99. The van der Waals surface area contributed by atoms with Crippen molar-refractivity contribution in [1.29, 1.82) is 0 Å². The van der Waals surface area contributed by atoms with Gasteiger partial charge in [-0.25, -0.2) is 4.98 Å². The molecular formula is C18H23N3O4. The van der Waals surface area contributed by atoms with Crippen LogP contribution in [0.15, 0.2) is 36.5 Å². The Balaban J connectivity index is 1.96. The highest BCUT2D eigenvalue weighted by Gasteiger charge is 2.11. The second-order valence-corrected chi connectivity index (χ2v) is 5.23. The molecule has 0 fully saturated rings. The Bertz CT molecular complexity index is 689. The average Bonchev–Trinajstić information content (AvgIpc) is 2.65. The first kappa shape index (κ1) is 18.5. The van der Waals surface area contributed by atoms with E-state index in [2.05, 4.69) is 15.6 Å². The lowest BCUT2D eigenvalue weighted by molar-refractivity contribution is 0.102. The van der Waals surface area contributed by atoms with E-state index in [1.165, 1.54) is 7.11 Å². The van der Waals surface area contributed by atoms with Gasteiger partial charge in [-0.3, -0.25) is 4.79 Å². The molecule has 25 heavy (non-hydrogen) atoms. The van der Waals surface area contributed by atoms with Gasteiger partial charge in [0.1, 0.15) is 5.82 Å². The van der Waals surface area contributed by atoms with E-state index in [1.807, 2.05) is 6.07 Å². The van der Waals surface area contributed by atoms with Crippen molar-refractivity contribution in [2.75, 3.05) is 45.1 Å². The summed E-state index contributed by atoms with van der Waals surface area (Å²) in [7, 11) is 4.75. The van der Waals surface area contributed by atoms with Crippen molar-refractivity contribution in [2.24, 2.45) is 0 Å². The van der Waals surface area contributed by atoms with Crippen molar-refractivity contribution >= 4 is 17.4 Å². The lowest BCUT2D eigenvalue weighted by atomic mass is 10.2.